The molecule has 9 heteroatoms. The second kappa shape index (κ2) is 9.38. The predicted molar refractivity (Wildman–Crippen MR) is 120 cm³/mol. The summed E-state index contributed by atoms with van der Waals surface area (Å²) in [5.41, 5.74) is 0.695. The Labute approximate surface area is 184 Å². The minimum absolute atomic E-state index is 0.0330. The molecule has 0 spiro atoms. The summed E-state index contributed by atoms with van der Waals surface area (Å²) in [5, 5.41) is -0.227. The van der Waals surface area contributed by atoms with Gasteiger partial charge in [-0.05, 0) is 39.7 Å². The van der Waals surface area contributed by atoms with Gasteiger partial charge in [0.05, 0.1) is 9.73 Å². The molecule has 2 atom stereocenters. The largest absolute Gasteiger partial charge is 0.456 e. The molecule has 0 bridgehead atoms. The molecule has 0 radical (unpaired) electrons. The monoisotopic (exact) mass is 448 g/mol. The lowest BCUT2D eigenvalue weighted by Gasteiger charge is -2.33. The van der Waals surface area contributed by atoms with E-state index < -0.39 is 15.6 Å². The maximum Gasteiger partial charge on any atom is 0.321 e. The number of aromatic nitrogens is 2. The molecule has 1 aliphatic rings. The molecule has 2 unspecified atom stereocenters. The summed E-state index contributed by atoms with van der Waals surface area (Å²) < 4.78 is 24.7. The van der Waals surface area contributed by atoms with E-state index in [4.69, 9.17) is 4.42 Å². The minimum atomic E-state index is -2.74. The molecule has 3 heterocycles. The van der Waals surface area contributed by atoms with Crippen LogP contribution in [0, 0.1) is 13.8 Å². The third kappa shape index (κ3) is 5.26. The zero-order valence-corrected chi connectivity index (χ0v) is 19.8. The highest BCUT2D eigenvalue weighted by atomic mass is 32.2. The van der Waals surface area contributed by atoms with Gasteiger partial charge in [0.25, 0.3) is 0 Å². The van der Waals surface area contributed by atoms with Gasteiger partial charge in [0, 0.05) is 61.4 Å². The first-order chi connectivity index (χ1) is 14.6. The Hall–Kier alpha value is -2.42. The fraction of sp³-hybridized carbons (Fsp3) is 0.591. The Morgan fingerprint density at radius 2 is 2.00 bits per heavy atom. The molecule has 2 amide bonds. The SMILES string of the molecule is CCc1nccn1C(C)CC(=O)N1CCC(S(C)(=O)=NC(=O)c2oc(C)cc2C)CC1. The maximum atomic E-state index is 13.2. The zero-order chi connectivity index (χ0) is 22.8. The third-order valence-corrected chi connectivity index (χ3v) is 8.16. The van der Waals surface area contributed by atoms with Crippen LogP contribution in [-0.2, 0) is 20.9 Å². The fourth-order valence-electron chi connectivity index (χ4n) is 4.18. The van der Waals surface area contributed by atoms with Crippen LogP contribution in [0.2, 0.25) is 0 Å². The number of carbonyl (C=O) groups excluding carboxylic acids is 2. The summed E-state index contributed by atoms with van der Waals surface area (Å²) in [5.74, 6) is 1.26. The van der Waals surface area contributed by atoms with Gasteiger partial charge in [0.15, 0.2) is 5.76 Å². The van der Waals surface area contributed by atoms with Crippen LogP contribution in [0.1, 0.15) is 66.9 Å². The number of rotatable bonds is 6. The van der Waals surface area contributed by atoms with Crippen molar-refractivity contribution in [1.82, 2.24) is 14.5 Å². The van der Waals surface area contributed by atoms with E-state index in [9.17, 15) is 13.8 Å². The van der Waals surface area contributed by atoms with Crippen LogP contribution >= 0.6 is 0 Å². The first-order valence-electron chi connectivity index (χ1n) is 10.7. The molecule has 170 valence electrons. The van der Waals surface area contributed by atoms with Crippen molar-refractivity contribution in [3.8, 4) is 0 Å². The lowest BCUT2D eigenvalue weighted by molar-refractivity contribution is -0.132. The molecule has 0 aromatic carbocycles. The van der Waals surface area contributed by atoms with Crippen LogP contribution in [0.15, 0.2) is 27.2 Å². The quantitative estimate of drug-likeness (QED) is 0.673. The van der Waals surface area contributed by atoms with Crippen molar-refractivity contribution in [2.75, 3.05) is 19.3 Å². The van der Waals surface area contributed by atoms with Gasteiger partial charge in [0.2, 0.25) is 5.91 Å². The molecule has 2 aromatic heterocycles. The van der Waals surface area contributed by atoms with E-state index in [1.54, 1.807) is 26.1 Å². The average Bonchev–Trinajstić information content (AvgIpc) is 3.33. The van der Waals surface area contributed by atoms with E-state index in [1.807, 2.05) is 29.5 Å². The smallest absolute Gasteiger partial charge is 0.321 e. The molecule has 3 rings (SSSR count). The van der Waals surface area contributed by atoms with Crippen molar-refractivity contribution in [3.63, 3.8) is 0 Å². The van der Waals surface area contributed by atoms with E-state index in [2.05, 4.69) is 9.35 Å². The van der Waals surface area contributed by atoms with Crippen molar-refractivity contribution in [2.24, 2.45) is 4.36 Å². The Morgan fingerprint density at radius 1 is 1.32 bits per heavy atom. The van der Waals surface area contributed by atoms with Gasteiger partial charge in [-0.3, -0.25) is 9.59 Å². The van der Waals surface area contributed by atoms with Crippen LogP contribution < -0.4 is 0 Å². The van der Waals surface area contributed by atoms with Crippen molar-refractivity contribution in [3.05, 3.63) is 41.4 Å². The first kappa shape index (κ1) is 23.2. The summed E-state index contributed by atoms with van der Waals surface area (Å²) in [6.07, 6.45) is 7.55. The number of furan rings is 1. The van der Waals surface area contributed by atoms with Crippen molar-refractivity contribution in [2.45, 2.75) is 64.7 Å². The number of likely N-dealkylation sites (tertiary alicyclic amines) is 1. The average molecular weight is 449 g/mol. The molecule has 2 aromatic rings. The van der Waals surface area contributed by atoms with E-state index in [-0.39, 0.29) is 23.0 Å². The van der Waals surface area contributed by atoms with Gasteiger partial charge in [-0.15, -0.1) is 0 Å². The Morgan fingerprint density at radius 3 is 2.58 bits per heavy atom. The Bertz CT molecular complexity index is 1070. The highest BCUT2D eigenvalue weighted by molar-refractivity contribution is 7.93. The van der Waals surface area contributed by atoms with Crippen molar-refractivity contribution in [1.29, 1.82) is 0 Å². The molecule has 31 heavy (non-hydrogen) atoms. The van der Waals surface area contributed by atoms with Crippen LogP contribution in [-0.4, -0.2) is 55.1 Å². The van der Waals surface area contributed by atoms with E-state index in [0.717, 1.165) is 12.2 Å². The topological polar surface area (TPSA) is 97.8 Å². The van der Waals surface area contributed by atoms with Gasteiger partial charge in [-0.25, -0.2) is 9.19 Å². The maximum absolute atomic E-state index is 13.2. The number of carbonyl (C=O) groups is 2. The van der Waals surface area contributed by atoms with Crippen molar-refractivity contribution < 1.29 is 18.2 Å². The molecule has 1 saturated heterocycles. The number of hydrogen-bond donors (Lipinski definition) is 0. The number of nitrogens with zero attached hydrogens (tertiary/aromatic N) is 4. The number of aryl methyl sites for hydroxylation is 3. The number of amides is 2. The lowest BCUT2D eigenvalue weighted by Crippen LogP contribution is -2.42. The first-order valence-corrected chi connectivity index (χ1v) is 12.7. The second-order valence-electron chi connectivity index (χ2n) is 8.36. The Kier molecular flexibility index (Phi) is 7.03. The predicted octanol–water partition coefficient (Wildman–Crippen LogP) is 3.54. The number of imidazole rings is 1. The van der Waals surface area contributed by atoms with Gasteiger partial charge in [-0.2, -0.15) is 4.36 Å². The molecule has 0 N–H and O–H groups in total. The fourth-order valence-corrected chi connectivity index (χ4v) is 5.82. The molecular weight excluding hydrogens is 416 g/mol. The van der Waals surface area contributed by atoms with Crippen LogP contribution in [0.5, 0.6) is 0 Å². The minimum Gasteiger partial charge on any atom is -0.456 e. The summed E-state index contributed by atoms with van der Waals surface area (Å²) in [7, 11) is -2.74. The van der Waals surface area contributed by atoms with E-state index in [0.29, 0.717) is 43.7 Å². The normalized spacial score (nSPS) is 17.9. The summed E-state index contributed by atoms with van der Waals surface area (Å²) in [4.78, 5) is 31.4. The standard InChI is InChI=1S/C22H32N4O4S/c1-6-19-23-9-12-26(19)16(3)14-20(27)25-10-7-18(8-11-25)31(5,29)24-22(28)21-15(2)13-17(4)30-21/h9,12-13,16,18H,6-8,10-11,14H2,1-5H3. The summed E-state index contributed by atoms with van der Waals surface area (Å²) in [6, 6.07) is 1.80. The summed E-state index contributed by atoms with van der Waals surface area (Å²) in [6.45, 7) is 8.64. The van der Waals surface area contributed by atoms with Crippen LogP contribution in [0.4, 0.5) is 0 Å². The zero-order valence-electron chi connectivity index (χ0n) is 19.0. The van der Waals surface area contributed by atoms with Gasteiger partial charge in [0.1, 0.15) is 11.6 Å². The molecule has 1 fully saturated rings. The van der Waals surface area contributed by atoms with E-state index in [1.165, 1.54) is 6.26 Å². The highest BCUT2D eigenvalue weighted by Crippen LogP contribution is 2.23. The van der Waals surface area contributed by atoms with Crippen molar-refractivity contribution >= 4 is 21.5 Å². The molecule has 1 aliphatic heterocycles. The number of hydrogen-bond acceptors (Lipinski definition) is 5. The van der Waals surface area contributed by atoms with E-state index >= 15 is 0 Å². The Balaban J connectivity index is 1.60. The molecule has 0 aliphatic carbocycles. The molecule has 0 saturated carbocycles. The summed E-state index contributed by atoms with van der Waals surface area (Å²) >= 11 is 0. The molecular formula is C22H32N4O4S. The van der Waals surface area contributed by atoms with Crippen LogP contribution in [0.25, 0.3) is 0 Å². The lowest BCUT2D eigenvalue weighted by atomic mass is 10.1. The third-order valence-electron chi connectivity index (χ3n) is 5.92. The highest BCUT2D eigenvalue weighted by Gasteiger charge is 2.30. The van der Waals surface area contributed by atoms with Gasteiger partial charge >= 0.3 is 5.91 Å². The molecule has 8 nitrogen and oxygen atoms in total. The number of piperidine rings is 1. The second-order valence-corrected chi connectivity index (χ2v) is 10.9. The van der Waals surface area contributed by atoms with Crippen LogP contribution in [0.3, 0.4) is 0 Å². The van der Waals surface area contributed by atoms with Gasteiger partial charge in [-0.1, -0.05) is 6.92 Å². The van der Waals surface area contributed by atoms with Gasteiger partial charge < -0.3 is 13.9 Å².